The SMILES string of the molecule is CCCCCC/C=C/C=C/C(=O)SCCNC(=O)CCNC(=O)[C@H](O)C(C)(C)COP(=O)([O-])OP(=O)([O-])OC[C@H]1O[C@@H](n2cnc3c(N)ncnc32)[C@H](O)[C@@H]1OP(=O)([O-])[O-]. The van der Waals surface area contributed by atoms with Crippen LogP contribution in [0.2, 0.25) is 0 Å². The fourth-order valence-corrected chi connectivity index (χ4v) is 8.62. The summed E-state index contributed by atoms with van der Waals surface area (Å²) >= 11 is 1.01. The second kappa shape index (κ2) is 23.5. The number of thioether (sulfide) groups is 1. The fraction of sp³-hybridized carbons (Fsp3) is 0.625. The number of carbonyl (C=O) groups is 3. The lowest BCUT2D eigenvalue weighted by atomic mass is 9.87. The number of nitrogen functional groups attached to an aromatic ring is 1. The van der Waals surface area contributed by atoms with Crippen molar-refractivity contribution in [1.29, 1.82) is 0 Å². The Morgan fingerprint density at radius 2 is 1.77 bits per heavy atom. The van der Waals surface area contributed by atoms with Gasteiger partial charge in [-0.25, -0.2) is 19.3 Å². The molecule has 28 heteroatoms. The summed E-state index contributed by atoms with van der Waals surface area (Å²) in [5.74, 6) is -1.25. The van der Waals surface area contributed by atoms with Crippen LogP contribution in [-0.4, -0.2) is 103 Å². The Morgan fingerprint density at radius 1 is 1.05 bits per heavy atom. The van der Waals surface area contributed by atoms with Crippen molar-refractivity contribution in [1.82, 2.24) is 30.2 Å². The molecule has 2 unspecified atom stereocenters. The largest absolute Gasteiger partial charge is 0.790 e. The Balaban J connectivity index is 1.42. The van der Waals surface area contributed by atoms with Crippen molar-refractivity contribution < 1.29 is 80.5 Å². The van der Waals surface area contributed by atoms with E-state index in [0.29, 0.717) is 5.75 Å². The number of nitrogens with zero attached hydrogens (tertiary/aromatic N) is 4. The van der Waals surface area contributed by atoms with Crippen molar-refractivity contribution in [3.63, 3.8) is 0 Å². The third-order valence-electron chi connectivity index (χ3n) is 8.43. The van der Waals surface area contributed by atoms with Crippen molar-refractivity contribution in [2.75, 3.05) is 37.8 Å². The maximum Gasteiger partial charge on any atom is 0.274 e. The number of allylic oxidation sites excluding steroid dienone is 3. The number of ether oxygens (including phenoxy) is 1. The van der Waals surface area contributed by atoms with Crippen LogP contribution in [0.1, 0.15) is 65.5 Å². The predicted octanol–water partition coefficient (Wildman–Crippen LogP) is -0.780. The zero-order chi connectivity index (χ0) is 44.7. The van der Waals surface area contributed by atoms with Gasteiger partial charge in [0.25, 0.3) is 15.6 Å². The summed E-state index contributed by atoms with van der Waals surface area (Å²) in [5.41, 5.74) is 4.07. The highest BCUT2D eigenvalue weighted by Gasteiger charge is 2.47. The minimum Gasteiger partial charge on any atom is -0.790 e. The Labute approximate surface area is 349 Å². The van der Waals surface area contributed by atoms with E-state index in [9.17, 15) is 57.9 Å². The van der Waals surface area contributed by atoms with E-state index < -0.39 is 84.6 Å². The monoisotopic (exact) mass is 927 g/mol. The van der Waals surface area contributed by atoms with Gasteiger partial charge in [-0.1, -0.05) is 70.0 Å². The Hall–Kier alpha value is -2.96. The quantitative estimate of drug-likeness (QED) is 0.0334. The molecule has 0 radical (unpaired) electrons. The fourth-order valence-electron chi connectivity index (χ4n) is 5.30. The van der Waals surface area contributed by atoms with Crippen molar-refractivity contribution in [2.24, 2.45) is 5.41 Å². The number of nitrogens with one attached hydrogen (secondary N) is 2. The molecule has 338 valence electrons. The minimum atomic E-state index is -5.92. The summed E-state index contributed by atoms with van der Waals surface area (Å²) in [6.45, 7) is 2.21. The number of nitrogens with two attached hydrogens (primary N) is 1. The number of hydrogen-bond donors (Lipinski definition) is 5. The number of aromatic nitrogens is 4. The van der Waals surface area contributed by atoms with Crippen LogP contribution in [0.4, 0.5) is 5.82 Å². The lowest BCUT2D eigenvalue weighted by Gasteiger charge is -2.36. The van der Waals surface area contributed by atoms with E-state index in [-0.39, 0.29) is 41.6 Å². The predicted molar refractivity (Wildman–Crippen MR) is 205 cm³/mol. The number of unbranched alkanes of at least 4 members (excludes halogenated alkanes) is 4. The molecule has 7 atom stereocenters. The van der Waals surface area contributed by atoms with Crippen LogP contribution in [0.3, 0.4) is 0 Å². The van der Waals surface area contributed by atoms with Crippen molar-refractivity contribution in [2.45, 2.75) is 89.9 Å². The van der Waals surface area contributed by atoms with Crippen LogP contribution in [-0.2, 0) is 50.7 Å². The molecular formula is C32H48N7O17P3S-4. The molecule has 60 heavy (non-hydrogen) atoms. The number of amides is 2. The molecule has 24 nitrogen and oxygen atoms in total. The number of imidazole rings is 1. The lowest BCUT2D eigenvalue weighted by molar-refractivity contribution is -0.347. The van der Waals surface area contributed by atoms with Gasteiger partial charge in [0, 0.05) is 30.7 Å². The molecule has 1 saturated heterocycles. The first kappa shape index (κ1) is 51.4. The maximum absolute atomic E-state index is 12.6. The van der Waals surface area contributed by atoms with Gasteiger partial charge in [-0.2, -0.15) is 0 Å². The molecule has 1 aliphatic heterocycles. The second-order valence-electron chi connectivity index (χ2n) is 13.8. The van der Waals surface area contributed by atoms with Gasteiger partial charge in [-0.15, -0.1) is 0 Å². The van der Waals surface area contributed by atoms with Crippen LogP contribution < -0.4 is 35.9 Å². The van der Waals surface area contributed by atoms with Crippen LogP contribution in [0.25, 0.3) is 11.2 Å². The summed E-state index contributed by atoms with van der Waals surface area (Å²) in [7, 11) is -17.6. The average molecular weight is 928 g/mol. The standard InChI is InChI=1S/C32H52N7O17P3S/c1-4-5-6-7-8-9-10-11-12-23(41)60-16-15-34-22(40)13-14-35-30(44)27(43)32(2,3)18-53-59(50,51)56-58(48,49)52-17-21-26(55-57(45,46)47)25(42)31(54-21)39-20-38-24-28(33)36-19-37-29(24)39/h9-12,19-21,25-27,31,42-43H,4-8,13-18H2,1-3H3,(H,34,40)(H,35,44)(H,48,49)(H,50,51)(H2,33,36,37)(H2,45,46,47)/p-4/b10-9+,12-11+/t21-,25-,26-,27+,31-/m1/s1. The number of carbonyl (C=O) groups excluding carboxylic acids is 3. The summed E-state index contributed by atoms with van der Waals surface area (Å²) < 4.78 is 60.6. The van der Waals surface area contributed by atoms with E-state index in [1.54, 1.807) is 6.08 Å². The van der Waals surface area contributed by atoms with E-state index in [4.69, 9.17) is 10.5 Å². The van der Waals surface area contributed by atoms with Crippen LogP contribution in [0, 0.1) is 5.41 Å². The number of fused-ring (bicyclic) bond motifs is 1. The first-order valence-electron chi connectivity index (χ1n) is 18.4. The molecule has 1 aliphatic rings. The van der Waals surface area contributed by atoms with Gasteiger partial charge in [0.15, 0.2) is 17.7 Å². The Kier molecular flexibility index (Phi) is 20.1. The van der Waals surface area contributed by atoms with Gasteiger partial charge in [-0.3, -0.25) is 28.1 Å². The van der Waals surface area contributed by atoms with Crippen molar-refractivity contribution in [3.8, 4) is 0 Å². The minimum absolute atomic E-state index is 0.0217. The van der Waals surface area contributed by atoms with E-state index in [1.807, 2.05) is 12.2 Å². The molecule has 0 aromatic carbocycles. The smallest absolute Gasteiger partial charge is 0.274 e. The van der Waals surface area contributed by atoms with Gasteiger partial charge in [-0.05, 0) is 18.9 Å². The summed E-state index contributed by atoms with van der Waals surface area (Å²) in [6, 6.07) is 0. The zero-order valence-corrected chi connectivity index (χ0v) is 36.3. The van der Waals surface area contributed by atoms with Crippen LogP contribution >= 0.6 is 35.2 Å². The molecule has 0 bridgehead atoms. The number of anilines is 1. The molecule has 3 heterocycles. The van der Waals surface area contributed by atoms with Crippen LogP contribution in [0.5, 0.6) is 0 Å². The third-order valence-corrected chi connectivity index (χ3v) is 12.3. The highest BCUT2D eigenvalue weighted by molar-refractivity contribution is 8.14. The van der Waals surface area contributed by atoms with Gasteiger partial charge < -0.3 is 69.0 Å². The molecule has 0 saturated carbocycles. The number of phosphoric ester groups is 3. The topological polar surface area (TPSA) is 375 Å². The summed E-state index contributed by atoms with van der Waals surface area (Å²) in [6.07, 6.45) is 4.86. The van der Waals surface area contributed by atoms with E-state index >= 15 is 0 Å². The Bertz CT molecular complexity index is 1960. The Morgan fingerprint density at radius 3 is 2.47 bits per heavy atom. The van der Waals surface area contributed by atoms with Gasteiger partial charge in [0.05, 0.1) is 27.4 Å². The molecule has 0 spiro atoms. The molecule has 3 rings (SSSR count). The molecule has 0 aliphatic carbocycles. The number of phosphoric acid groups is 3. The average Bonchev–Trinajstić information content (AvgIpc) is 3.72. The van der Waals surface area contributed by atoms with Crippen molar-refractivity contribution in [3.05, 3.63) is 37.0 Å². The first-order chi connectivity index (χ1) is 28.1. The number of aliphatic hydroxyl groups excluding tert-OH is 2. The zero-order valence-electron chi connectivity index (χ0n) is 32.8. The summed E-state index contributed by atoms with van der Waals surface area (Å²) in [5, 5.41) is 26.1. The van der Waals surface area contributed by atoms with E-state index in [0.717, 1.165) is 48.2 Å². The van der Waals surface area contributed by atoms with E-state index in [1.165, 1.54) is 32.8 Å². The van der Waals surface area contributed by atoms with Gasteiger partial charge >= 0.3 is 0 Å². The number of aliphatic hydroxyl groups is 2. The first-order valence-corrected chi connectivity index (χ1v) is 23.7. The molecule has 6 N–H and O–H groups in total. The maximum atomic E-state index is 12.6. The number of rotatable bonds is 26. The second-order valence-corrected chi connectivity index (χ2v) is 19.0. The molecule has 2 aromatic rings. The van der Waals surface area contributed by atoms with Crippen molar-refractivity contribution >= 4 is 69.1 Å². The molecular weight excluding hydrogens is 879 g/mol. The molecule has 1 fully saturated rings. The summed E-state index contributed by atoms with van der Waals surface area (Å²) in [4.78, 5) is 96.2. The number of hydrogen-bond acceptors (Lipinski definition) is 22. The molecule has 2 aromatic heterocycles. The highest BCUT2D eigenvalue weighted by atomic mass is 32.2. The van der Waals surface area contributed by atoms with Gasteiger partial charge in [0.1, 0.15) is 36.3 Å². The van der Waals surface area contributed by atoms with Crippen LogP contribution in [0.15, 0.2) is 37.0 Å². The molecule has 2 amide bonds. The lowest BCUT2D eigenvalue weighted by Crippen LogP contribution is -2.46. The van der Waals surface area contributed by atoms with Gasteiger partial charge in [0.2, 0.25) is 16.9 Å². The highest BCUT2D eigenvalue weighted by Crippen LogP contribution is 2.56. The normalized spacial score (nSPS) is 21.3. The third kappa shape index (κ3) is 17.1. The van der Waals surface area contributed by atoms with E-state index in [2.05, 4.69) is 50.4 Å².